The van der Waals surface area contributed by atoms with Gasteiger partial charge in [0.05, 0.1) is 6.54 Å². The Bertz CT molecular complexity index is 380. The molecule has 1 aliphatic heterocycles. The second-order valence-corrected chi connectivity index (χ2v) is 5.81. The van der Waals surface area contributed by atoms with E-state index in [-0.39, 0.29) is 12.0 Å². The Morgan fingerprint density at radius 2 is 2.35 bits per heavy atom. The van der Waals surface area contributed by atoms with Gasteiger partial charge in [-0.05, 0) is 37.1 Å². The van der Waals surface area contributed by atoms with Crippen LogP contribution in [0.15, 0.2) is 17.5 Å². The van der Waals surface area contributed by atoms with E-state index in [1.54, 1.807) is 11.3 Å². The van der Waals surface area contributed by atoms with Gasteiger partial charge < -0.3 is 9.64 Å². The number of ether oxygens (including phenoxy) is 1. The molecule has 1 unspecified atom stereocenters. The lowest BCUT2D eigenvalue weighted by Gasteiger charge is -2.24. The molecule has 2 fully saturated rings. The first kappa shape index (κ1) is 11.2. The van der Waals surface area contributed by atoms with Gasteiger partial charge in [-0.2, -0.15) is 0 Å². The molecule has 2 heterocycles. The van der Waals surface area contributed by atoms with Gasteiger partial charge in [0, 0.05) is 17.5 Å². The summed E-state index contributed by atoms with van der Waals surface area (Å²) < 4.78 is 5.51. The highest BCUT2D eigenvalue weighted by molar-refractivity contribution is 7.09. The zero-order valence-corrected chi connectivity index (χ0v) is 10.6. The van der Waals surface area contributed by atoms with Gasteiger partial charge >= 0.3 is 0 Å². The van der Waals surface area contributed by atoms with Crippen LogP contribution in [-0.2, 0) is 16.1 Å². The van der Waals surface area contributed by atoms with Crippen molar-refractivity contribution in [2.24, 2.45) is 0 Å². The second-order valence-electron chi connectivity index (χ2n) is 4.78. The highest BCUT2D eigenvalue weighted by Gasteiger charge is 2.37. The van der Waals surface area contributed by atoms with E-state index in [1.165, 1.54) is 4.88 Å². The molecule has 92 valence electrons. The Balaban J connectivity index is 1.68. The number of hydrogen-bond donors (Lipinski definition) is 0. The zero-order valence-electron chi connectivity index (χ0n) is 9.80. The SMILES string of the molecule is O=C(C1CCCO1)N(Cc1cccs1)C1CC1. The maximum absolute atomic E-state index is 12.4. The summed E-state index contributed by atoms with van der Waals surface area (Å²) in [5.74, 6) is 0.207. The highest BCUT2D eigenvalue weighted by Crippen LogP contribution is 2.31. The quantitative estimate of drug-likeness (QED) is 0.822. The Morgan fingerprint density at radius 3 is 2.94 bits per heavy atom. The third kappa shape index (κ3) is 2.53. The van der Waals surface area contributed by atoms with E-state index in [0.717, 1.165) is 38.8 Å². The standard InChI is InChI=1S/C13H17NO2S/c15-13(12-4-1-7-16-12)14(10-5-6-10)9-11-3-2-8-17-11/h2-3,8,10,12H,1,4-7,9H2. The molecule has 0 spiro atoms. The summed E-state index contributed by atoms with van der Waals surface area (Å²) in [4.78, 5) is 15.7. The predicted octanol–water partition coefficient (Wildman–Crippen LogP) is 2.42. The van der Waals surface area contributed by atoms with Crippen molar-refractivity contribution in [2.45, 2.75) is 44.4 Å². The molecule has 1 amide bonds. The molecule has 1 atom stereocenters. The number of amides is 1. The fourth-order valence-electron chi connectivity index (χ4n) is 2.30. The average Bonchev–Trinajstić information content (AvgIpc) is 2.86. The van der Waals surface area contributed by atoms with Crippen LogP contribution < -0.4 is 0 Å². The van der Waals surface area contributed by atoms with Gasteiger partial charge in [-0.25, -0.2) is 0 Å². The first-order chi connectivity index (χ1) is 8.34. The number of hydrogen-bond acceptors (Lipinski definition) is 3. The summed E-state index contributed by atoms with van der Waals surface area (Å²) >= 11 is 1.72. The van der Waals surface area contributed by atoms with Crippen molar-refractivity contribution in [1.82, 2.24) is 4.90 Å². The first-order valence-electron chi connectivity index (χ1n) is 6.29. The van der Waals surface area contributed by atoms with Crippen LogP contribution in [0.25, 0.3) is 0 Å². The fraction of sp³-hybridized carbons (Fsp3) is 0.615. The minimum Gasteiger partial charge on any atom is -0.368 e. The molecule has 1 saturated carbocycles. The fourth-order valence-corrected chi connectivity index (χ4v) is 3.00. The van der Waals surface area contributed by atoms with Crippen LogP contribution in [0.5, 0.6) is 0 Å². The van der Waals surface area contributed by atoms with Gasteiger partial charge in [-0.3, -0.25) is 4.79 Å². The lowest BCUT2D eigenvalue weighted by molar-refractivity contribution is -0.142. The number of nitrogens with zero attached hydrogens (tertiary/aromatic N) is 1. The lowest BCUT2D eigenvalue weighted by atomic mass is 10.2. The Kier molecular flexibility index (Phi) is 3.16. The van der Waals surface area contributed by atoms with E-state index in [1.807, 2.05) is 11.0 Å². The van der Waals surface area contributed by atoms with Crippen molar-refractivity contribution in [1.29, 1.82) is 0 Å². The lowest BCUT2D eigenvalue weighted by Crippen LogP contribution is -2.39. The summed E-state index contributed by atoms with van der Waals surface area (Å²) in [5.41, 5.74) is 0. The maximum Gasteiger partial charge on any atom is 0.252 e. The molecule has 17 heavy (non-hydrogen) atoms. The summed E-state index contributed by atoms with van der Waals surface area (Å²) in [7, 11) is 0. The van der Waals surface area contributed by atoms with Crippen molar-refractivity contribution in [3.05, 3.63) is 22.4 Å². The molecule has 0 N–H and O–H groups in total. The van der Waals surface area contributed by atoms with Crippen LogP contribution in [0.3, 0.4) is 0 Å². The third-order valence-corrected chi connectivity index (χ3v) is 4.24. The topological polar surface area (TPSA) is 29.5 Å². The van der Waals surface area contributed by atoms with Gasteiger partial charge in [0.1, 0.15) is 6.10 Å². The van der Waals surface area contributed by atoms with Crippen LogP contribution in [0, 0.1) is 0 Å². The predicted molar refractivity (Wildman–Crippen MR) is 66.9 cm³/mol. The number of carbonyl (C=O) groups is 1. The summed E-state index contributed by atoms with van der Waals surface area (Å²) in [6, 6.07) is 4.61. The van der Waals surface area contributed by atoms with Gasteiger partial charge in [0.25, 0.3) is 5.91 Å². The zero-order chi connectivity index (χ0) is 11.7. The van der Waals surface area contributed by atoms with Crippen LogP contribution in [0.1, 0.15) is 30.6 Å². The van der Waals surface area contributed by atoms with Gasteiger partial charge in [0.2, 0.25) is 0 Å². The van der Waals surface area contributed by atoms with Crippen LogP contribution in [-0.4, -0.2) is 29.6 Å². The van der Waals surface area contributed by atoms with E-state index in [2.05, 4.69) is 11.4 Å². The normalized spacial score (nSPS) is 23.9. The average molecular weight is 251 g/mol. The molecule has 4 heteroatoms. The molecule has 1 aromatic heterocycles. The molecule has 1 saturated heterocycles. The van der Waals surface area contributed by atoms with Crippen molar-refractivity contribution in [3.8, 4) is 0 Å². The van der Waals surface area contributed by atoms with Crippen LogP contribution >= 0.6 is 11.3 Å². The number of rotatable bonds is 4. The van der Waals surface area contributed by atoms with Crippen LogP contribution in [0.4, 0.5) is 0 Å². The molecular weight excluding hydrogens is 234 g/mol. The van der Waals surface area contributed by atoms with Crippen molar-refractivity contribution >= 4 is 17.2 Å². The van der Waals surface area contributed by atoms with Crippen LogP contribution in [0.2, 0.25) is 0 Å². The number of carbonyl (C=O) groups excluding carboxylic acids is 1. The summed E-state index contributed by atoms with van der Waals surface area (Å²) in [6.45, 7) is 1.51. The molecule has 1 aliphatic carbocycles. The van der Waals surface area contributed by atoms with E-state index < -0.39 is 0 Å². The first-order valence-corrected chi connectivity index (χ1v) is 7.17. The van der Waals surface area contributed by atoms with E-state index >= 15 is 0 Å². The minimum absolute atomic E-state index is 0.171. The van der Waals surface area contributed by atoms with Crippen molar-refractivity contribution in [3.63, 3.8) is 0 Å². The van der Waals surface area contributed by atoms with Gasteiger partial charge in [-0.15, -0.1) is 11.3 Å². The second kappa shape index (κ2) is 4.78. The maximum atomic E-state index is 12.4. The van der Waals surface area contributed by atoms with Crippen molar-refractivity contribution in [2.75, 3.05) is 6.61 Å². The smallest absolute Gasteiger partial charge is 0.252 e. The number of thiophene rings is 1. The van der Waals surface area contributed by atoms with E-state index in [0.29, 0.717) is 6.04 Å². The Labute approximate surface area is 105 Å². The molecule has 3 nitrogen and oxygen atoms in total. The largest absolute Gasteiger partial charge is 0.368 e. The molecule has 0 radical (unpaired) electrons. The van der Waals surface area contributed by atoms with Gasteiger partial charge in [-0.1, -0.05) is 6.07 Å². The Morgan fingerprint density at radius 1 is 1.47 bits per heavy atom. The molecule has 1 aromatic rings. The summed E-state index contributed by atoms with van der Waals surface area (Å²) in [5, 5.41) is 2.07. The van der Waals surface area contributed by atoms with Gasteiger partial charge in [0.15, 0.2) is 0 Å². The summed E-state index contributed by atoms with van der Waals surface area (Å²) in [6.07, 6.45) is 4.06. The van der Waals surface area contributed by atoms with E-state index in [4.69, 9.17) is 4.74 Å². The molecule has 3 rings (SSSR count). The Hall–Kier alpha value is -0.870. The molecular formula is C13H17NO2S. The monoisotopic (exact) mass is 251 g/mol. The minimum atomic E-state index is -0.171. The molecule has 0 aromatic carbocycles. The highest BCUT2D eigenvalue weighted by atomic mass is 32.1. The molecule has 0 bridgehead atoms. The molecule has 2 aliphatic rings. The van der Waals surface area contributed by atoms with Crippen molar-refractivity contribution < 1.29 is 9.53 Å². The van der Waals surface area contributed by atoms with E-state index in [9.17, 15) is 4.79 Å². The third-order valence-electron chi connectivity index (χ3n) is 3.38.